The Balaban J connectivity index is 1.68. The van der Waals surface area contributed by atoms with E-state index in [2.05, 4.69) is 10.6 Å². The van der Waals surface area contributed by atoms with E-state index in [1.54, 1.807) is 67.8 Å². The van der Waals surface area contributed by atoms with E-state index in [-0.39, 0.29) is 11.8 Å². The second-order valence-corrected chi connectivity index (χ2v) is 6.13. The Labute approximate surface area is 161 Å². The highest BCUT2D eigenvalue weighted by atomic mass is 35.5. The molecule has 5 nitrogen and oxygen atoms in total. The lowest BCUT2D eigenvalue weighted by Gasteiger charge is -2.10. The molecule has 27 heavy (non-hydrogen) atoms. The summed E-state index contributed by atoms with van der Waals surface area (Å²) in [6.07, 6.45) is 0. The molecule has 0 aliphatic heterocycles. The number of anilines is 2. The molecule has 0 radical (unpaired) electrons. The van der Waals surface area contributed by atoms with Gasteiger partial charge in [0.15, 0.2) is 0 Å². The number of ether oxygens (including phenoxy) is 1. The molecule has 0 bridgehead atoms. The molecule has 0 saturated carbocycles. The first-order valence-corrected chi connectivity index (χ1v) is 8.56. The number of rotatable bonds is 5. The van der Waals surface area contributed by atoms with Crippen LogP contribution in [-0.4, -0.2) is 18.9 Å². The molecular weight excluding hydrogens is 364 g/mol. The molecule has 0 saturated heterocycles. The normalized spacial score (nSPS) is 10.1. The molecule has 6 heteroatoms. The first-order chi connectivity index (χ1) is 13.1. The van der Waals surface area contributed by atoms with Gasteiger partial charge >= 0.3 is 0 Å². The van der Waals surface area contributed by atoms with E-state index in [9.17, 15) is 9.59 Å². The molecule has 0 unspecified atom stereocenters. The number of para-hydroxylation sites is 2. The lowest BCUT2D eigenvalue weighted by molar-refractivity contribution is 0.101. The number of hydrogen-bond acceptors (Lipinski definition) is 3. The minimum absolute atomic E-state index is 0.271. The Bertz CT molecular complexity index is 971. The molecule has 0 spiro atoms. The fourth-order valence-electron chi connectivity index (χ4n) is 2.48. The standard InChI is InChI=1S/C21H17ClN2O3/c1-27-19-8-3-2-7-18(19)24-20(25)14-9-11-17(12-10-14)23-21(26)15-5-4-6-16(22)13-15/h2-13H,1H3,(H,23,26)(H,24,25). The van der Waals surface area contributed by atoms with Crippen molar-refractivity contribution in [3.63, 3.8) is 0 Å². The van der Waals surface area contributed by atoms with Gasteiger partial charge in [-0.1, -0.05) is 29.8 Å². The SMILES string of the molecule is COc1ccccc1NC(=O)c1ccc(NC(=O)c2cccc(Cl)c2)cc1. The average molecular weight is 381 g/mol. The lowest BCUT2D eigenvalue weighted by Crippen LogP contribution is -2.14. The largest absolute Gasteiger partial charge is 0.495 e. The average Bonchev–Trinajstić information content (AvgIpc) is 2.69. The Kier molecular flexibility index (Phi) is 5.74. The van der Waals surface area contributed by atoms with Crippen LogP contribution in [0.5, 0.6) is 5.75 Å². The zero-order valence-corrected chi connectivity index (χ0v) is 15.3. The van der Waals surface area contributed by atoms with Crippen LogP contribution in [0.2, 0.25) is 5.02 Å². The molecule has 0 heterocycles. The fraction of sp³-hybridized carbons (Fsp3) is 0.0476. The van der Waals surface area contributed by atoms with Crippen LogP contribution in [-0.2, 0) is 0 Å². The molecular formula is C21H17ClN2O3. The molecule has 2 amide bonds. The first kappa shape index (κ1) is 18.5. The van der Waals surface area contributed by atoms with Gasteiger partial charge in [-0.15, -0.1) is 0 Å². The monoisotopic (exact) mass is 380 g/mol. The highest BCUT2D eigenvalue weighted by Crippen LogP contribution is 2.24. The van der Waals surface area contributed by atoms with E-state index in [4.69, 9.17) is 16.3 Å². The molecule has 2 N–H and O–H groups in total. The number of amides is 2. The Hall–Kier alpha value is -3.31. The van der Waals surface area contributed by atoms with Gasteiger partial charge in [0.1, 0.15) is 5.75 Å². The van der Waals surface area contributed by atoms with Gasteiger partial charge in [0, 0.05) is 21.8 Å². The van der Waals surface area contributed by atoms with E-state index in [1.807, 2.05) is 12.1 Å². The van der Waals surface area contributed by atoms with E-state index in [0.29, 0.717) is 33.3 Å². The molecule has 3 rings (SSSR count). The van der Waals surface area contributed by atoms with Gasteiger partial charge in [0.2, 0.25) is 0 Å². The quantitative estimate of drug-likeness (QED) is 0.664. The van der Waals surface area contributed by atoms with Gasteiger partial charge in [-0.05, 0) is 54.6 Å². The summed E-state index contributed by atoms with van der Waals surface area (Å²) in [5, 5.41) is 6.07. The summed E-state index contributed by atoms with van der Waals surface area (Å²) in [4.78, 5) is 24.6. The lowest BCUT2D eigenvalue weighted by atomic mass is 10.1. The van der Waals surface area contributed by atoms with Crippen LogP contribution in [0, 0.1) is 0 Å². The molecule has 0 aromatic heterocycles. The number of benzene rings is 3. The molecule has 3 aromatic carbocycles. The number of nitrogens with one attached hydrogen (secondary N) is 2. The Morgan fingerprint density at radius 1 is 0.815 bits per heavy atom. The number of carbonyl (C=O) groups is 2. The maximum Gasteiger partial charge on any atom is 0.255 e. The molecule has 0 aliphatic rings. The summed E-state index contributed by atoms with van der Waals surface area (Å²) in [6, 6.07) is 20.5. The van der Waals surface area contributed by atoms with Gasteiger partial charge in [-0.25, -0.2) is 0 Å². The second kappa shape index (κ2) is 8.38. The smallest absolute Gasteiger partial charge is 0.255 e. The molecule has 0 aliphatic carbocycles. The number of halogens is 1. The van der Waals surface area contributed by atoms with Gasteiger partial charge in [-0.2, -0.15) is 0 Å². The zero-order valence-electron chi connectivity index (χ0n) is 14.5. The van der Waals surface area contributed by atoms with Crippen LogP contribution in [0.15, 0.2) is 72.8 Å². The topological polar surface area (TPSA) is 67.4 Å². The van der Waals surface area contributed by atoms with E-state index < -0.39 is 0 Å². The maximum atomic E-state index is 12.4. The summed E-state index contributed by atoms with van der Waals surface area (Å²) in [7, 11) is 1.54. The third-order valence-corrected chi connectivity index (χ3v) is 4.08. The van der Waals surface area contributed by atoms with E-state index >= 15 is 0 Å². The fourth-order valence-corrected chi connectivity index (χ4v) is 2.67. The van der Waals surface area contributed by atoms with E-state index in [1.165, 1.54) is 0 Å². The van der Waals surface area contributed by atoms with Gasteiger partial charge < -0.3 is 15.4 Å². The Morgan fingerprint density at radius 2 is 1.52 bits per heavy atom. The number of carbonyl (C=O) groups excluding carboxylic acids is 2. The third kappa shape index (κ3) is 4.65. The minimum Gasteiger partial charge on any atom is -0.495 e. The van der Waals surface area contributed by atoms with Crippen molar-refractivity contribution in [2.24, 2.45) is 0 Å². The molecule has 136 valence electrons. The van der Waals surface area contributed by atoms with Crippen molar-refractivity contribution in [1.29, 1.82) is 0 Å². The summed E-state index contributed by atoms with van der Waals surface area (Å²) in [5.41, 5.74) is 2.08. The van der Waals surface area contributed by atoms with Crippen molar-refractivity contribution in [1.82, 2.24) is 0 Å². The van der Waals surface area contributed by atoms with Gasteiger partial charge in [0.25, 0.3) is 11.8 Å². The van der Waals surface area contributed by atoms with Crippen LogP contribution >= 0.6 is 11.6 Å². The van der Waals surface area contributed by atoms with E-state index in [0.717, 1.165) is 0 Å². The highest BCUT2D eigenvalue weighted by molar-refractivity contribution is 6.31. The van der Waals surface area contributed by atoms with Crippen molar-refractivity contribution in [2.45, 2.75) is 0 Å². The molecule has 3 aromatic rings. The third-order valence-electron chi connectivity index (χ3n) is 3.85. The number of methoxy groups -OCH3 is 1. The van der Waals surface area contributed by atoms with Gasteiger partial charge in [-0.3, -0.25) is 9.59 Å². The molecule has 0 fully saturated rings. The predicted molar refractivity (Wildman–Crippen MR) is 107 cm³/mol. The van der Waals surface area contributed by atoms with Gasteiger partial charge in [0.05, 0.1) is 12.8 Å². The summed E-state index contributed by atoms with van der Waals surface area (Å²) in [6.45, 7) is 0. The van der Waals surface area contributed by atoms with Crippen molar-refractivity contribution >= 4 is 34.8 Å². The predicted octanol–water partition coefficient (Wildman–Crippen LogP) is 4.85. The zero-order chi connectivity index (χ0) is 19.2. The molecule has 0 atom stereocenters. The Morgan fingerprint density at radius 3 is 2.22 bits per heavy atom. The van der Waals surface area contributed by atoms with Crippen LogP contribution in [0.3, 0.4) is 0 Å². The van der Waals surface area contributed by atoms with Crippen LogP contribution in [0.1, 0.15) is 20.7 Å². The van der Waals surface area contributed by atoms with Crippen molar-refractivity contribution in [3.8, 4) is 5.75 Å². The highest BCUT2D eigenvalue weighted by Gasteiger charge is 2.10. The minimum atomic E-state index is -0.274. The van der Waals surface area contributed by atoms with Crippen molar-refractivity contribution in [2.75, 3.05) is 17.7 Å². The maximum absolute atomic E-state index is 12.4. The van der Waals surface area contributed by atoms with Crippen LogP contribution in [0.25, 0.3) is 0 Å². The number of hydrogen-bond donors (Lipinski definition) is 2. The van der Waals surface area contributed by atoms with Crippen LogP contribution in [0.4, 0.5) is 11.4 Å². The first-order valence-electron chi connectivity index (χ1n) is 8.18. The van der Waals surface area contributed by atoms with Crippen LogP contribution < -0.4 is 15.4 Å². The summed E-state index contributed by atoms with van der Waals surface area (Å²) in [5.74, 6) is 0.0344. The summed E-state index contributed by atoms with van der Waals surface area (Å²) < 4.78 is 5.22. The van der Waals surface area contributed by atoms with Crippen molar-refractivity contribution < 1.29 is 14.3 Å². The van der Waals surface area contributed by atoms with Crippen molar-refractivity contribution in [3.05, 3.63) is 88.9 Å². The second-order valence-electron chi connectivity index (χ2n) is 5.70. The summed E-state index contributed by atoms with van der Waals surface area (Å²) >= 11 is 5.90.